The summed E-state index contributed by atoms with van der Waals surface area (Å²) in [6.07, 6.45) is 7.64. The van der Waals surface area contributed by atoms with Crippen molar-refractivity contribution < 1.29 is 0 Å². The van der Waals surface area contributed by atoms with Gasteiger partial charge in [0.2, 0.25) is 0 Å². The largest absolute Gasteiger partial charge is 0.125 e. The van der Waals surface area contributed by atoms with Crippen molar-refractivity contribution in [1.82, 2.24) is 0 Å². The number of hydrogen-bond donors (Lipinski definition) is 0. The summed E-state index contributed by atoms with van der Waals surface area (Å²) in [5, 5.41) is 0. The summed E-state index contributed by atoms with van der Waals surface area (Å²) < 4.78 is -0.303. The Kier molecular flexibility index (Phi) is 1.13. The van der Waals surface area contributed by atoms with Gasteiger partial charge in [-0.1, -0.05) is 0 Å². The van der Waals surface area contributed by atoms with Crippen LogP contribution in [0.5, 0.6) is 0 Å². The highest BCUT2D eigenvalue weighted by Crippen LogP contribution is 2.97. The van der Waals surface area contributed by atoms with E-state index in [2.05, 4.69) is 0 Å². The quantitative estimate of drug-likeness (QED) is 0.586. The zero-order chi connectivity index (χ0) is 11.7. The van der Waals surface area contributed by atoms with E-state index in [1.54, 1.807) is 19.3 Å². The molecular formula is C16H18Cl2. The molecule has 7 aliphatic rings. The Morgan fingerprint density at radius 3 is 2.06 bits per heavy atom. The lowest BCUT2D eigenvalue weighted by Gasteiger charge is -2.34. The molecule has 2 heteroatoms. The maximum Gasteiger partial charge on any atom is 0.125 e. The molecule has 0 aromatic heterocycles. The standard InChI is InChI=1S/C16H18Cl2/c17-16(18)12-8-9-6-5-7(6)10(14(9)1-2-14)11(8)15(3-4-15)13(12)16/h6-13H,1-5H2/t6-,7+,8-,9-,10-,11+,12-,13+/m1/s1. The molecule has 0 nitrogen and oxygen atoms in total. The second kappa shape index (κ2) is 2.13. The molecule has 96 valence electrons. The normalized spacial score (nSPS) is 71.0. The molecule has 2 spiro atoms. The van der Waals surface area contributed by atoms with Crippen LogP contribution in [-0.2, 0) is 0 Å². The molecule has 0 heterocycles. The number of rotatable bonds is 0. The molecule has 7 rings (SSSR count). The average molecular weight is 281 g/mol. The predicted molar refractivity (Wildman–Crippen MR) is 70.3 cm³/mol. The van der Waals surface area contributed by atoms with E-state index in [9.17, 15) is 0 Å². The zero-order valence-electron chi connectivity index (χ0n) is 10.4. The summed E-state index contributed by atoms with van der Waals surface area (Å²) in [5.41, 5.74) is 1.50. The lowest BCUT2D eigenvalue weighted by molar-refractivity contribution is 0.146. The van der Waals surface area contributed by atoms with Crippen LogP contribution in [0.2, 0.25) is 0 Å². The van der Waals surface area contributed by atoms with Gasteiger partial charge in [0, 0.05) is 11.8 Å². The van der Waals surface area contributed by atoms with Gasteiger partial charge in [-0.05, 0) is 78.4 Å². The number of hydrogen-bond acceptors (Lipinski definition) is 0. The fraction of sp³-hybridized carbons (Fsp3) is 1.00. The van der Waals surface area contributed by atoms with Crippen LogP contribution in [0.25, 0.3) is 0 Å². The van der Waals surface area contributed by atoms with E-state index in [-0.39, 0.29) is 4.33 Å². The Morgan fingerprint density at radius 2 is 1.39 bits per heavy atom. The highest BCUT2D eigenvalue weighted by Gasteiger charge is 2.93. The molecule has 8 atom stereocenters. The maximum absolute atomic E-state index is 6.68. The van der Waals surface area contributed by atoms with Crippen molar-refractivity contribution in [3.63, 3.8) is 0 Å². The monoisotopic (exact) mass is 280 g/mol. The first-order valence-electron chi connectivity index (χ1n) is 8.01. The van der Waals surface area contributed by atoms with Crippen molar-refractivity contribution in [2.75, 3.05) is 0 Å². The average Bonchev–Trinajstić information content (AvgIpc) is 3.12. The fourth-order valence-corrected chi connectivity index (χ4v) is 9.58. The Hall–Kier alpha value is 0.580. The Bertz CT molecular complexity index is 515. The van der Waals surface area contributed by atoms with Crippen molar-refractivity contribution in [2.45, 2.75) is 36.4 Å². The topological polar surface area (TPSA) is 0 Å². The van der Waals surface area contributed by atoms with E-state index in [4.69, 9.17) is 23.2 Å². The first-order valence-corrected chi connectivity index (χ1v) is 8.76. The van der Waals surface area contributed by atoms with Gasteiger partial charge in [-0.3, -0.25) is 0 Å². The maximum atomic E-state index is 6.68. The Labute approximate surface area is 118 Å². The minimum Gasteiger partial charge on any atom is -0.101 e. The van der Waals surface area contributed by atoms with Crippen LogP contribution >= 0.6 is 23.2 Å². The predicted octanol–water partition coefficient (Wildman–Crippen LogP) is 4.11. The van der Waals surface area contributed by atoms with Crippen LogP contribution in [0, 0.1) is 58.2 Å². The van der Waals surface area contributed by atoms with E-state index in [1.807, 2.05) is 0 Å². The van der Waals surface area contributed by atoms with Crippen molar-refractivity contribution in [1.29, 1.82) is 0 Å². The van der Waals surface area contributed by atoms with E-state index < -0.39 is 0 Å². The molecule has 7 fully saturated rings. The van der Waals surface area contributed by atoms with E-state index >= 15 is 0 Å². The third kappa shape index (κ3) is 0.652. The summed E-state index contributed by atoms with van der Waals surface area (Å²) in [7, 11) is 0. The summed E-state index contributed by atoms with van der Waals surface area (Å²) in [6.45, 7) is 0. The molecule has 0 N–H and O–H groups in total. The molecule has 7 aliphatic carbocycles. The van der Waals surface area contributed by atoms with E-state index in [0.717, 1.165) is 40.9 Å². The van der Waals surface area contributed by atoms with E-state index in [0.29, 0.717) is 17.3 Å². The molecule has 0 saturated heterocycles. The molecule has 2 bridgehead atoms. The summed E-state index contributed by atoms with van der Waals surface area (Å²) >= 11 is 13.4. The molecule has 0 aliphatic heterocycles. The summed E-state index contributed by atoms with van der Waals surface area (Å²) in [4.78, 5) is 0. The van der Waals surface area contributed by atoms with Gasteiger partial charge in [0.25, 0.3) is 0 Å². The molecule has 0 unspecified atom stereocenters. The second-order valence-corrected chi connectivity index (χ2v) is 10.3. The van der Waals surface area contributed by atoms with Gasteiger partial charge >= 0.3 is 0 Å². The molecule has 0 radical (unpaired) electrons. The number of alkyl halides is 2. The number of fused-ring (bicyclic) bond motifs is 10. The summed E-state index contributed by atoms with van der Waals surface area (Å²) in [5.74, 6) is 7.95. The molecule has 0 aromatic carbocycles. The highest BCUT2D eigenvalue weighted by atomic mass is 35.5. The van der Waals surface area contributed by atoms with Gasteiger partial charge in [-0.25, -0.2) is 0 Å². The van der Waals surface area contributed by atoms with Gasteiger partial charge < -0.3 is 0 Å². The molecular weight excluding hydrogens is 263 g/mol. The van der Waals surface area contributed by atoms with Crippen LogP contribution in [0.3, 0.4) is 0 Å². The first kappa shape index (κ1) is 9.50. The van der Waals surface area contributed by atoms with E-state index in [1.165, 1.54) is 12.8 Å². The SMILES string of the molecule is ClC1(Cl)[C@@H]2[C@@H]3[C@H]4[C@@H]5C[C@@H]5[C@H]([C@H]3C3(CC3)[C@H]21)C41CC1. The third-order valence-corrected chi connectivity index (χ3v) is 9.79. The van der Waals surface area contributed by atoms with Gasteiger partial charge in [-0.15, -0.1) is 23.2 Å². The lowest BCUT2D eigenvalue weighted by atomic mass is 9.72. The van der Waals surface area contributed by atoms with Crippen LogP contribution < -0.4 is 0 Å². The summed E-state index contributed by atoms with van der Waals surface area (Å²) in [6, 6.07) is 0. The minimum atomic E-state index is -0.303. The lowest BCUT2D eigenvalue weighted by Crippen LogP contribution is -2.32. The van der Waals surface area contributed by atoms with Gasteiger partial charge in [-0.2, -0.15) is 0 Å². The molecule has 0 amide bonds. The molecule has 18 heavy (non-hydrogen) atoms. The van der Waals surface area contributed by atoms with Crippen molar-refractivity contribution in [3.05, 3.63) is 0 Å². The van der Waals surface area contributed by atoms with Gasteiger partial charge in [0.05, 0.1) is 0 Å². The smallest absolute Gasteiger partial charge is 0.101 e. The van der Waals surface area contributed by atoms with Crippen LogP contribution in [0.4, 0.5) is 0 Å². The van der Waals surface area contributed by atoms with Crippen LogP contribution in [-0.4, -0.2) is 4.33 Å². The van der Waals surface area contributed by atoms with Crippen molar-refractivity contribution in [2.24, 2.45) is 58.2 Å². The second-order valence-electron chi connectivity index (χ2n) is 8.86. The molecule has 7 saturated carbocycles. The van der Waals surface area contributed by atoms with Crippen LogP contribution in [0.15, 0.2) is 0 Å². The number of halogens is 2. The Morgan fingerprint density at radius 1 is 0.722 bits per heavy atom. The fourth-order valence-electron chi connectivity index (χ4n) is 8.46. The van der Waals surface area contributed by atoms with Crippen molar-refractivity contribution in [3.8, 4) is 0 Å². The van der Waals surface area contributed by atoms with Crippen molar-refractivity contribution >= 4 is 23.2 Å². The molecule has 0 aromatic rings. The van der Waals surface area contributed by atoms with Gasteiger partial charge in [0.1, 0.15) is 4.33 Å². The highest BCUT2D eigenvalue weighted by molar-refractivity contribution is 6.51. The zero-order valence-corrected chi connectivity index (χ0v) is 11.9. The third-order valence-electron chi connectivity index (χ3n) is 8.82. The van der Waals surface area contributed by atoms with Gasteiger partial charge in [0.15, 0.2) is 0 Å². The minimum absolute atomic E-state index is 0.303. The Balaban J connectivity index is 1.47. The van der Waals surface area contributed by atoms with Crippen LogP contribution in [0.1, 0.15) is 32.1 Å². The first-order chi connectivity index (χ1) is 8.63.